The molecule has 1 unspecified atom stereocenters. The molecule has 0 saturated carbocycles. The molecule has 1 rings (SSSR count). The Morgan fingerprint density at radius 2 is 1.63 bits per heavy atom. The van der Waals surface area contributed by atoms with E-state index in [2.05, 4.69) is 84.5 Å². The van der Waals surface area contributed by atoms with Crippen molar-refractivity contribution >= 4 is 0 Å². The molecule has 0 amide bonds. The SMILES string of the molecule is C=C(C)/C=C\C(C)CCCCC.CC.CCC.CCc1cccc(C)c1.O. The lowest BCUT2D eigenvalue weighted by atomic mass is 10.0. The Morgan fingerprint density at radius 1 is 1.07 bits per heavy atom. The number of allylic oxidation sites excluding steroid dienone is 3. The van der Waals surface area contributed by atoms with Crippen molar-refractivity contribution in [2.24, 2.45) is 5.92 Å². The van der Waals surface area contributed by atoms with E-state index in [1.165, 1.54) is 43.2 Å². The number of hydrogen-bond donors (Lipinski definition) is 0. The molecule has 0 bridgehead atoms. The van der Waals surface area contributed by atoms with E-state index in [0.29, 0.717) is 5.92 Å². The Bertz CT molecular complexity index is 432. The molecule has 0 fully saturated rings. The molecule has 0 heterocycles. The van der Waals surface area contributed by atoms with Gasteiger partial charge in [-0.2, -0.15) is 0 Å². The van der Waals surface area contributed by atoms with Crippen LogP contribution in [-0.4, -0.2) is 5.48 Å². The van der Waals surface area contributed by atoms with Gasteiger partial charge in [0.25, 0.3) is 0 Å². The lowest BCUT2D eigenvalue weighted by Crippen LogP contribution is -1.89. The molecule has 2 N–H and O–H groups in total. The maximum Gasteiger partial charge on any atom is -0.0259 e. The van der Waals surface area contributed by atoms with Crippen LogP contribution in [0, 0.1) is 12.8 Å². The quantitative estimate of drug-likeness (QED) is 0.336. The van der Waals surface area contributed by atoms with Crippen LogP contribution in [0.1, 0.15) is 98.6 Å². The zero-order valence-corrected chi connectivity index (χ0v) is 20.0. The molecule has 0 aromatic heterocycles. The number of unbranched alkanes of at least 4 members (excludes halogenated alkanes) is 2. The van der Waals surface area contributed by atoms with Gasteiger partial charge < -0.3 is 5.48 Å². The highest BCUT2D eigenvalue weighted by molar-refractivity contribution is 5.21. The first-order valence-corrected chi connectivity index (χ1v) is 10.8. The minimum Gasteiger partial charge on any atom is -0.412 e. The van der Waals surface area contributed by atoms with Crippen LogP contribution >= 0.6 is 0 Å². The van der Waals surface area contributed by atoms with Crippen LogP contribution in [0.5, 0.6) is 0 Å². The lowest BCUT2D eigenvalue weighted by Gasteiger charge is -2.04. The summed E-state index contributed by atoms with van der Waals surface area (Å²) in [6.45, 7) is 22.9. The Balaban J connectivity index is -0.000000156. The van der Waals surface area contributed by atoms with E-state index in [0.717, 1.165) is 12.0 Å². The van der Waals surface area contributed by atoms with E-state index >= 15 is 0 Å². The summed E-state index contributed by atoms with van der Waals surface area (Å²) in [6.07, 6.45) is 12.1. The van der Waals surface area contributed by atoms with Crippen LogP contribution in [0.3, 0.4) is 0 Å². The maximum absolute atomic E-state index is 3.84. The third-order valence-electron chi connectivity index (χ3n) is 3.46. The summed E-state index contributed by atoms with van der Waals surface area (Å²) in [6, 6.07) is 8.61. The zero-order chi connectivity index (χ0) is 20.8. The van der Waals surface area contributed by atoms with Gasteiger partial charge in [-0.25, -0.2) is 0 Å². The smallest absolute Gasteiger partial charge is 0.0259 e. The molecule has 1 aromatic carbocycles. The Kier molecular flexibility index (Phi) is 33.1. The molecule has 1 nitrogen and oxygen atoms in total. The molecule has 0 aliphatic rings. The number of hydrogen-bond acceptors (Lipinski definition) is 0. The van der Waals surface area contributed by atoms with Crippen LogP contribution in [0.4, 0.5) is 0 Å². The standard InChI is InChI=1S/C12H22.C9H12.C3H8.C2H6.H2O/c1-5-6-7-8-12(4)10-9-11(2)3;1-3-9-6-4-5-8(2)7-9;1-3-2;1-2;/h9-10,12H,2,5-8H2,1,3-4H3;4-7H,3H2,1-2H3;3H2,1-2H3;1-2H3;1H2/b10-9-;;;;. The highest BCUT2D eigenvalue weighted by Gasteiger charge is 1.95. The molecule has 1 aromatic rings. The fourth-order valence-corrected chi connectivity index (χ4v) is 2.07. The van der Waals surface area contributed by atoms with Gasteiger partial charge >= 0.3 is 0 Å². The first kappa shape index (κ1) is 33.3. The highest BCUT2D eigenvalue weighted by Crippen LogP contribution is 2.11. The van der Waals surface area contributed by atoms with Crippen molar-refractivity contribution in [1.29, 1.82) is 0 Å². The second kappa shape index (κ2) is 26.9. The van der Waals surface area contributed by atoms with Crippen molar-refractivity contribution in [3.63, 3.8) is 0 Å². The van der Waals surface area contributed by atoms with Crippen molar-refractivity contribution < 1.29 is 5.48 Å². The van der Waals surface area contributed by atoms with E-state index in [9.17, 15) is 0 Å². The lowest BCUT2D eigenvalue weighted by molar-refractivity contribution is 0.576. The van der Waals surface area contributed by atoms with Crippen molar-refractivity contribution in [1.82, 2.24) is 0 Å². The molecule has 0 saturated heterocycles. The summed E-state index contributed by atoms with van der Waals surface area (Å²) in [5.41, 5.74) is 3.93. The van der Waals surface area contributed by atoms with Gasteiger partial charge in [0.1, 0.15) is 0 Å². The van der Waals surface area contributed by atoms with Gasteiger partial charge in [-0.05, 0) is 38.2 Å². The maximum atomic E-state index is 3.84. The second-order valence-electron chi connectivity index (χ2n) is 6.73. The first-order chi connectivity index (χ1) is 12.4. The van der Waals surface area contributed by atoms with Crippen LogP contribution in [-0.2, 0) is 6.42 Å². The Hall–Kier alpha value is -1.34. The third-order valence-corrected chi connectivity index (χ3v) is 3.46. The predicted octanol–water partition coefficient (Wildman–Crippen LogP) is 8.51. The van der Waals surface area contributed by atoms with Crippen molar-refractivity contribution in [2.75, 3.05) is 0 Å². The van der Waals surface area contributed by atoms with Gasteiger partial charge in [-0.3, -0.25) is 0 Å². The monoisotopic (exact) mass is 378 g/mol. The van der Waals surface area contributed by atoms with Crippen molar-refractivity contribution in [3.05, 3.63) is 59.7 Å². The number of aryl methyl sites for hydroxylation is 2. The molecule has 1 heteroatoms. The topological polar surface area (TPSA) is 31.5 Å². The molecular weight excluding hydrogens is 328 g/mol. The summed E-state index contributed by atoms with van der Waals surface area (Å²) in [5, 5.41) is 0. The number of rotatable bonds is 7. The molecule has 0 radical (unpaired) electrons. The van der Waals surface area contributed by atoms with E-state index in [1.807, 2.05) is 20.8 Å². The van der Waals surface area contributed by atoms with Crippen molar-refractivity contribution in [2.45, 2.75) is 101 Å². The summed E-state index contributed by atoms with van der Waals surface area (Å²) in [4.78, 5) is 0. The summed E-state index contributed by atoms with van der Waals surface area (Å²) >= 11 is 0. The molecule has 0 aliphatic carbocycles. The Morgan fingerprint density at radius 3 is 2.00 bits per heavy atom. The molecule has 0 spiro atoms. The van der Waals surface area contributed by atoms with Gasteiger partial charge in [0, 0.05) is 0 Å². The fraction of sp³-hybridized carbons (Fsp3) is 0.615. The minimum atomic E-state index is 0. The predicted molar refractivity (Wildman–Crippen MR) is 129 cm³/mol. The molecule has 160 valence electrons. The molecule has 1 atom stereocenters. The van der Waals surface area contributed by atoms with Crippen LogP contribution in [0.2, 0.25) is 0 Å². The second-order valence-corrected chi connectivity index (χ2v) is 6.73. The van der Waals surface area contributed by atoms with E-state index in [1.54, 1.807) is 0 Å². The summed E-state index contributed by atoms with van der Waals surface area (Å²) < 4.78 is 0. The average Bonchev–Trinajstić information content (AvgIpc) is 2.63. The van der Waals surface area contributed by atoms with Gasteiger partial charge in [0.2, 0.25) is 0 Å². The molecular formula is C26H50O. The van der Waals surface area contributed by atoms with E-state index in [-0.39, 0.29) is 5.48 Å². The molecule has 0 aliphatic heterocycles. The van der Waals surface area contributed by atoms with E-state index < -0.39 is 0 Å². The van der Waals surface area contributed by atoms with Gasteiger partial charge in [-0.1, -0.05) is 128 Å². The van der Waals surface area contributed by atoms with Crippen LogP contribution in [0.15, 0.2) is 48.6 Å². The summed E-state index contributed by atoms with van der Waals surface area (Å²) in [5.74, 6) is 0.716. The van der Waals surface area contributed by atoms with Gasteiger partial charge in [0.05, 0.1) is 0 Å². The first-order valence-electron chi connectivity index (χ1n) is 10.8. The van der Waals surface area contributed by atoms with Crippen LogP contribution < -0.4 is 0 Å². The van der Waals surface area contributed by atoms with Crippen LogP contribution in [0.25, 0.3) is 0 Å². The third kappa shape index (κ3) is 29.7. The summed E-state index contributed by atoms with van der Waals surface area (Å²) in [7, 11) is 0. The molecule has 27 heavy (non-hydrogen) atoms. The highest BCUT2D eigenvalue weighted by atomic mass is 16.0. The van der Waals surface area contributed by atoms with Gasteiger partial charge in [-0.15, -0.1) is 0 Å². The van der Waals surface area contributed by atoms with Gasteiger partial charge in [0.15, 0.2) is 0 Å². The Labute approximate surface area is 172 Å². The van der Waals surface area contributed by atoms with E-state index in [4.69, 9.17) is 0 Å². The largest absolute Gasteiger partial charge is 0.412 e. The minimum absolute atomic E-state index is 0. The van der Waals surface area contributed by atoms with Crippen molar-refractivity contribution in [3.8, 4) is 0 Å². The number of benzene rings is 1. The fourth-order valence-electron chi connectivity index (χ4n) is 2.07. The normalized spacial score (nSPS) is 10.1. The average molecular weight is 379 g/mol. The zero-order valence-electron chi connectivity index (χ0n) is 20.0.